The highest BCUT2D eigenvalue weighted by atomic mass is 16.1. The minimum Gasteiger partial charge on any atom is -0.385 e. The van der Waals surface area contributed by atoms with Crippen molar-refractivity contribution < 1.29 is 4.79 Å². The van der Waals surface area contributed by atoms with Crippen LogP contribution in [0.15, 0.2) is 36.5 Å². The maximum Gasteiger partial charge on any atom is 0.251 e. The SMILES string of the molecule is Cc1cccnc1CNC(=O)c1ccc2c(c1)CCCN2. The molecule has 0 spiro atoms. The molecule has 1 aromatic heterocycles. The van der Waals surface area contributed by atoms with Crippen LogP contribution in [0.4, 0.5) is 5.69 Å². The van der Waals surface area contributed by atoms with E-state index in [0.29, 0.717) is 12.1 Å². The van der Waals surface area contributed by atoms with Crippen LogP contribution in [0.5, 0.6) is 0 Å². The zero-order chi connectivity index (χ0) is 14.7. The number of carbonyl (C=O) groups is 1. The van der Waals surface area contributed by atoms with E-state index in [9.17, 15) is 4.79 Å². The fourth-order valence-corrected chi connectivity index (χ4v) is 2.59. The maximum atomic E-state index is 12.3. The molecule has 2 N–H and O–H groups in total. The summed E-state index contributed by atoms with van der Waals surface area (Å²) in [6, 6.07) is 9.76. The van der Waals surface area contributed by atoms with E-state index in [1.165, 1.54) is 5.56 Å². The number of amides is 1. The van der Waals surface area contributed by atoms with Crippen LogP contribution in [0.3, 0.4) is 0 Å². The molecule has 4 heteroatoms. The number of aromatic nitrogens is 1. The number of benzene rings is 1. The third-order valence-electron chi connectivity index (χ3n) is 3.84. The van der Waals surface area contributed by atoms with Gasteiger partial charge >= 0.3 is 0 Å². The molecule has 0 saturated carbocycles. The topological polar surface area (TPSA) is 54.0 Å². The molecule has 2 aromatic rings. The molecule has 0 aliphatic carbocycles. The molecule has 1 amide bonds. The lowest BCUT2D eigenvalue weighted by Crippen LogP contribution is -2.24. The van der Waals surface area contributed by atoms with Crippen molar-refractivity contribution in [1.82, 2.24) is 10.3 Å². The van der Waals surface area contributed by atoms with Crippen LogP contribution in [0.1, 0.15) is 33.6 Å². The molecule has 0 saturated heterocycles. The van der Waals surface area contributed by atoms with Gasteiger partial charge in [-0.3, -0.25) is 9.78 Å². The number of hydrogen-bond donors (Lipinski definition) is 2. The van der Waals surface area contributed by atoms with Crippen LogP contribution in [0, 0.1) is 6.92 Å². The second-order valence-electron chi connectivity index (χ2n) is 5.35. The van der Waals surface area contributed by atoms with Crippen molar-refractivity contribution in [2.24, 2.45) is 0 Å². The third kappa shape index (κ3) is 3.05. The van der Waals surface area contributed by atoms with Crippen molar-refractivity contribution in [3.63, 3.8) is 0 Å². The molecule has 1 aliphatic heterocycles. The number of rotatable bonds is 3. The lowest BCUT2D eigenvalue weighted by molar-refractivity contribution is 0.0950. The number of anilines is 1. The molecular formula is C17H19N3O. The molecule has 4 nitrogen and oxygen atoms in total. The molecule has 0 fully saturated rings. The summed E-state index contributed by atoms with van der Waals surface area (Å²) in [6.07, 6.45) is 3.90. The van der Waals surface area contributed by atoms with Crippen molar-refractivity contribution in [2.75, 3.05) is 11.9 Å². The lowest BCUT2D eigenvalue weighted by Gasteiger charge is -2.18. The normalized spacial score (nSPS) is 13.2. The molecule has 0 bridgehead atoms. The van der Waals surface area contributed by atoms with Crippen LogP contribution >= 0.6 is 0 Å². The van der Waals surface area contributed by atoms with Crippen LogP contribution in [-0.2, 0) is 13.0 Å². The molecule has 0 unspecified atom stereocenters. The Kier molecular flexibility index (Phi) is 3.86. The van der Waals surface area contributed by atoms with E-state index in [1.54, 1.807) is 6.20 Å². The zero-order valence-corrected chi connectivity index (χ0v) is 12.1. The number of hydrogen-bond acceptors (Lipinski definition) is 3. The Hall–Kier alpha value is -2.36. The van der Waals surface area contributed by atoms with E-state index in [-0.39, 0.29) is 5.91 Å². The lowest BCUT2D eigenvalue weighted by atomic mass is 10.0. The van der Waals surface area contributed by atoms with Crippen LogP contribution in [0.25, 0.3) is 0 Å². The second kappa shape index (κ2) is 5.95. The maximum absolute atomic E-state index is 12.3. The molecule has 21 heavy (non-hydrogen) atoms. The van der Waals surface area contributed by atoms with Gasteiger partial charge in [0, 0.05) is 24.0 Å². The first-order chi connectivity index (χ1) is 10.2. The number of pyridine rings is 1. The van der Waals surface area contributed by atoms with Crippen molar-refractivity contribution >= 4 is 11.6 Å². The van der Waals surface area contributed by atoms with Gasteiger partial charge in [0.1, 0.15) is 0 Å². The third-order valence-corrected chi connectivity index (χ3v) is 3.84. The summed E-state index contributed by atoms with van der Waals surface area (Å²) in [5.41, 5.74) is 5.09. The summed E-state index contributed by atoms with van der Waals surface area (Å²) >= 11 is 0. The first kappa shape index (κ1) is 13.6. The van der Waals surface area contributed by atoms with Gasteiger partial charge in [0.25, 0.3) is 5.91 Å². The van der Waals surface area contributed by atoms with Crippen molar-refractivity contribution in [3.05, 3.63) is 58.9 Å². The average Bonchev–Trinajstić information content (AvgIpc) is 2.53. The average molecular weight is 281 g/mol. The van der Waals surface area contributed by atoms with Crippen LogP contribution in [0.2, 0.25) is 0 Å². The molecule has 2 heterocycles. The van der Waals surface area contributed by atoms with Gasteiger partial charge in [-0.1, -0.05) is 6.07 Å². The highest BCUT2D eigenvalue weighted by Crippen LogP contribution is 2.22. The van der Waals surface area contributed by atoms with Gasteiger partial charge in [-0.05, 0) is 55.2 Å². The Balaban J connectivity index is 1.69. The van der Waals surface area contributed by atoms with Gasteiger partial charge in [0.05, 0.1) is 12.2 Å². The van der Waals surface area contributed by atoms with Gasteiger partial charge in [-0.25, -0.2) is 0 Å². The van der Waals surface area contributed by atoms with Crippen LogP contribution in [-0.4, -0.2) is 17.4 Å². The molecule has 1 aliphatic rings. The van der Waals surface area contributed by atoms with E-state index in [1.807, 2.05) is 37.3 Å². The first-order valence-electron chi connectivity index (χ1n) is 7.29. The summed E-state index contributed by atoms with van der Waals surface area (Å²) in [7, 11) is 0. The fourth-order valence-electron chi connectivity index (χ4n) is 2.59. The van der Waals surface area contributed by atoms with E-state index in [0.717, 1.165) is 36.3 Å². The van der Waals surface area contributed by atoms with Gasteiger partial charge in [-0.15, -0.1) is 0 Å². The zero-order valence-electron chi connectivity index (χ0n) is 12.1. The molecule has 0 atom stereocenters. The van der Waals surface area contributed by atoms with Crippen molar-refractivity contribution in [3.8, 4) is 0 Å². The standard InChI is InChI=1S/C17H19N3O/c1-12-4-2-8-19-16(12)11-20-17(21)14-6-7-15-13(10-14)5-3-9-18-15/h2,4,6-8,10,18H,3,5,9,11H2,1H3,(H,20,21). The minimum atomic E-state index is -0.0478. The van der Waals surface area contributed by atoms with E-state index < -0.39 is 0 Å². The smallest absolute Gasteiger partial charge is 0.251 e. The van der Waals surface area contributed by atoms with Crippen molar-refractivity contribution in [2.45, 2.75) is 26.3 Å². The predicted molar refractivity (Wildman–Crippen MR) is 83.4 cm³/mol. The number of carbonyl (C=O) groups excluding carboxylic acids is 1. The highest BCUT2D eigenvalue weighted by molar-refractivity contribution is 5.94. The molecule has 1 aromatic carbocycles. The first-order valence-corrected chi connectivity index (χ1v) is 7.29. The van der Waals surface area contributed by atoms with Gasteiger partial charge < -0.3 is 10.6 Å². The Morgan fingerprint density at radius 1 is 1.38 bits per heavy atom. The van der Waals surface area contributed by atoms with E-state index in [4.69, 9.17) is 0 Å². The Labute approximate surface area is 124 Å². The van der Waals surface area contributed by atoms with Gasteiger partial charge in [0.15, 0.2) is 0 Å². The summed E-state index contributed by atoms with van der Waals surface area (Å²) in [5.74, 6) is -0.0478. The quantitative estimate of drug-likeness (QED) is 0.909. The largest absolute Gasteiger partial charge is 0.385 e. The molecule has 108 valence electrons. The summed E-state index contributed by atoms with van der Waals surface area (Å²) in [4.78, 5) is 16.5. The number of nitrogens with zero attached hydrogens (tertiary/aromatic N) is 1. The summed E-state index contributed by atoms with van der Waals surface area (Å²) < 4.78 is 0. The summed E-state index contributed by atoms with van der Waals surface area (Å²) in [6.45, 7) is 3.47. The Bertz CT molecular complexity index is 667. The molecular weight excluding hydrogens is 262 g/mol. The number of nitrogens with one attached hydrogen (secondary N) is 2. The van der Waals surface area contributed by atoms with Gasteiger partial charge in [0.2, 0.25) is 0 Å². The monoisotopic (exact) mass is 281 g/mol. The summed E-state index contributed by atoms with van der Waals surface area (Å²) in [5, 5.41) is 6.29. The number of aryl methyl sites for hydroxylation is 2. The van der Waals surface area contributed by atoms with Crippen LogP contribution < -0.4 is 10.6 Å². The Morgan fingerprint density at radius 3 is 3.14 bits per heavy atom. The molecule has 0 radical (unpaired) electrons. The highest BCUT2D eigenvalue weighted by Gasteiger charge is 2.12. The molecule has 3 rings (SSSR count). The van der Waals surface area contributed by atoms with E-state index in [2.05, 4.69) is 15.6 Å². The van der Waals surface area contributed by atoms with Gasteiger partial charge in [-0.2, -0.15) is 0 Å². The van der Waals surface area contributed by atoms with E-state index >= 15 is 0 Å². The van der Waals surface area contributed by atoms with Crippen molar-refractivity contribution in [1.29, 1.82) is 0 Å². The fraction of sp³-hybridized carbons (Fsp3) is 0.294. The second-order valence-corrected chi connectivity index (χ2v) is 5.35. The Morgan fingerprint density at radius 2 is 2.29 bits per heavy atom. The minimum absolute atomic E-state index is 0.0478. The predicted octanol–water partition coefficient (Wildman–Crippen LogP) is 2.68. The number of fused-ring (bicyclic) bond motifs is 1.